The van der Waals surface area contributed by atoms with Crippen molar-refractivity contribution >= 4 is 27.3 Å². The largest absolute Gasteiger partial charge is 0.332 e. The Morgan fingerprint density at radius 2 is 1.95 bits per heavy atom. The SMILES string of the molecule is CC1=CC2C(Cn3nc4c(c3-c3cccc(S(N)(=O)=O)c3)c(=O)n(C)c(=O)n4CC(C)C)C=NC2C=C1. The van der Waals surface area contributed by atoms with Crippen molar-refractivity contribution in [2.45, 2.75) is 44.8 Å². The van der Waals surface area contributed by atoms with Gasteiger partial charge in [0.05, 0.1) is 23.2 Å². The van der Waals surface area contributed by atoms with Gasteiger partial charge in [0.15, 0.2) is 5.65 Å². The van der Waals surface area contributed by atoms with Crippen LogP contribution in [0.4, 0.5) is 0 Å². The molecule has 37 heavy (non-hydrogen) atoms. The standard InChI is InChI=1S/C26H30N6O4S/c1-15(2)13-31-24-22(25(33)30(4)26(31)34)23(17-6-5-7-19(11-17)37(27,35)36)32(29-24)14-18-12-28-21-9-8-16(3)10-20(18)21/h5-12,15,18,20-21H,13-14H2,1-4H3,(H2,27,35,36). The Bertz CT molecular complexity index is 1720. The number of hydrogen-bond donors (Lipinski definition) is 1. The van der Waals surface area contributed by atoms with Crippen molar-refractivity contribution in [2.24, 2.45) is 34.9 Å². The average molecular weight is 523 g/mol. The van der Waals surface area contributed by atoms with Crippen LogP contribution in [-0.2, 0) is 30.2 Å². The molecular formula is C26H30N6O4S. The van der Waals surface area contributed by atoms with Gasteiger partial charge in [0.1, 0.15) is 5.39 Å². The van der Waals surface area contributed by atoms with Gasteiger partial charge < -0.3 is 0 Å². The fourth-order valence-corrected chi connectivity index (χ4v) is 5.74. The van der Waals surface area contributed by atoms with Gasteiger partial charge in [-0.3, -0.25) is 23.6 Å². The molecule has 0 spiro atoms. The lowest BCUT2D eigenvalue weighted by molar-refractivity contribution is 0.423. The lowest BCUT2D eigenvalue weighted by Crippen LogP contribution is -2.38. The molecule has 10 nitrogen and oxygen atoms in total. The summed E-state index contributed by atoms with van der Waals surface area (Å²) in [6, 6.07) is 6.19. The molecule has 1 aliphatic heterocycles. The van der Waals surface area contributed by atoms with Crippen LogP contribution in [0.2, 0.25) is 0 Å². The van der Waals surface area contributed by atoms with E-state index in [-0.39, 0.29) is 39.7 Å². The smallest absolute Gasteiger partial charge is 0.289 e. The number of aromatic nitrogens is 4. The predicted molar refractivity (Wildman–Crippen MR) is 143 cm³/mol. The molecule has 3 aromatic rings. The summed E-state index contributed by atoms with van der Waals surface area (Å²) in [6.07, 6.45) is 8.26. The molecule has 1 aliphatic carbocycles. The second-order valence-corrected chi connectivity index (χ2v) is 11.8. The van der Waals surface area contributed by atoms with E-state index < -0.39 is 21.3 Å². The maximum Gasteiger partial charge on any atom is 0.332 e. The Hall–Kier alpha value is -3.57. The molecule has 2 aliphatic rings. The molecule has 5 rings (SSSR count). The molecule has 0 saturated carbocycles. The normalized spacial score (nSPS) is 21.1. The van der Waals surface area contributed by atoms with E-state index in [0.29, 0.717) is 24.3 Å². The van der Waals surface area contributed by atoms with Crippen molar-refractivity contribution in [1.29, 1.82) is 0 Å². The number of sulfonamides is 1. The average Bonchev–Trinajstić information content (AvgIpc) is 3.41. The molecule has 2 aromatic heterocycles. The summed E-state index contributed by atoms with van der Waals surface area (Å²) in [5.41, 5.74) is 1.42. The van der Waals surface area contributed by atoms with Gasteiger partial charge in [0.2, 0.25) is 10.0 Å². The summed E-state index contributed by atoms with van der Waals surface area (Å²) in [7, 11) is -2.54. The summed E-state index contributed by atoms with van der Waals surface area (Å²) in [6.45, 7) is 6.78. The van der Waals surface area contributed by atoms with Gasteiger partial charge in [-0.1, -0.05) is 49.8 Å². The number of nitrogens with two attached hydrogens (primary N) is 1. The number of fused-ring (bicyclic) bond motifs is 2. The van der Waals surface area contributed by atoms with Crippen LogP contribution in [0.1, 0.15) is 20.8 Å². The summed E-state index contributed by atoms with van der Waals surface area (Å²) in [5.74, 6) is 0.262. The zero-order valence-corrected chi connectivity index (χ0v) is 22.0. The molecule has 1 aromatic carbocycles. The van der Waals surface area contributed by atoms with Crippen LogP contribution in [0.15, 0.2) is 67.5 Å². The van der Waals surface area contributed by atoms with Crippen molar-refractivity contribution in [1.82, 2.24) is 18.9 Å². The first-order chi connectivity index (χ1) is 17.5. The van der Waals surface area contributed by atoms with Crippen molar-refractivity contribution in [3.8, 4) is 11.3 Å². The van der Waals surface area contributed by atoms with Gasteiger partial charge in [0.25, 0.3) is 5.56 Å². The molecule has 0 radical (unpaired) electrons. The molecular weight excluding hydrogens is 492 g/mol. The minimum absolute atomic E-state index is 0.00601. The van der Waals surface area contributed by atoms with E-state index in [1.165, 1.54) is 23.7 Å². The molecule has 0 amide bonds. The molecule has 194 valence electrons. The van der Waals surface area contributed by atoms with Crippen LogP contribution in [0, 0.1) is 17.8 Å². The van der Waals surface area contributed by atoms with E-state index in [4.69, 9.17) is 10.2 Å². The lowest BCUT2D eigenvalue weighted by Gasteiger charge is -2.22. The molecule has 3 atom stereocenters. The summed E-state index contributed by atoms with van der Waals surface area (Å²) >= 11 is 0. The molecule has 0 bridgehead atoms. The van der Waals surface area contributed by atoms with Crippen molar-refractivity contribution in [2.75, 3.05) is 0 Å². The molecule has 0 fully saturated rings. The Morgan fingerprint density at radius 1 is 1.19 bits per heavy atom. The highest BCUT2D eigenvalue weighted by Gasteiger charge is 2.33. The lowest BCUT2D eigenvalue weighted by atomic mass is 9.85. The van der Waals surface area contributed by atoms with Crippen LogP contribution < -0.4 is 16.4 Å². The van der Waals surface area contributed by atoms with E-state index in [2.05, 4.69) is 23.2 Å². The van der Waals surface area contributed by atoms with Crippen LogP contribution in [0.3, 0.4) is 0 Å². The number of allylic oxidation sites excluding steroid dienone is 2. The minimum atomic E-state index is -3.98. The van der Waals surface area contributed by atoms with Crippen molar-refractivity contribution in [3.05, 3.63) is 68.9 Å². The zero-order chi connectivity index (χ0) is 26.6. The first-order valence-corrected chi connectivity index (χ1v) is 13.7. The van der Waals surface area contributed by atoms with Gasteiger partial charge >= 0.3 is 5.69 Å². The number of aliphatic imine (C=N–C) groups is 1. The van der Waals surface area contributed by atoms with E-state index in [9.17, 15) is 18.0 Å². The first kappa shape index (κ1) is 25.1. The topological polar surface area (TPSA) is 134 Å². The monoisotopic (exact) mass is 522 g/mol. The Kier molecular flexibility index (Phi) is 6.15. The van der Waals surface area contributed by atoms with Gasteiger partial charge in [-0.2, -0.15) is 5.10 Å². The van der Waals surface area contributed by atoms with Gasteiger partial charge in [-0.15, -0.1) is 0 Å². The predicted octanol–water partition coefficient (Wildman–Crippen LogP) is 2.07. The number of primary sulfonamides is 1. The van der Waals surface area contributed by atoms with E-state index in [1.807, 2.05) is 27.0 Å². The van der Waals surface area contributed by atoms with E-state index in [1.54, 1.807) is 16.8 Å². The third-order valence-electron chi connectivity index (χ3n) is 6.94. The minimum Gasteiger partial charge on any atom is -0.289 e. The summed E-state index contributed by atoms with van der Waals surface area (Å²) in [5, 5.41) is 10.5. The molecule has 11 heteroatoms. The first-order valence-electron chi connectivity index (χ1n) is 12.2. The Morgan fingerprint density at radius 3 is 2.65 bits per heavy atom. The zero-order valence-electron chi connectivity index (χ0n) is 21.2. The molecule has 3 unspecified atom stereocenters. The van der Waals surface area contributed by atoms with E-state index >= 15 is 0 Å². The second kappa shape index (κ2) is 9.07. The van der Waals surface area contributed by atoms with Crippen LogP contribution in [-0.4, -0.2) is 39.6 Å². The maximum atomic E-state index is 13.5. The van der Waals surface area contributed by atoms with Gasteiger partial charge in [0, 0.05) is 37.2 Å². The van der Waals surface area contributed by atoms with Crippen molar-refractivity contribution < 1.29 is 8.42 Å². The fraction of sp³-hybridized carbons (Fsp3) is 0.385. The van der Waals surface area contributed by atoms with Gasteiger partial charge in [-0.05, 0) is 25.0 Å². The highest BCUT2D eigenvalue weighted by Crippen LogP contribution is 2.34. The number of nitrogens with zero attached hydrogens (tertiary/aromatic N) is 5. The second-order valence-electron chi connectivity index (χ2n) is 10.3. The Balaban J connectivity index is 1.77. The Labute approximate surface area is 214 Å². The molecule has 2 N–H and O–H groups in total. The number of rotatable bonds is 6. The van der Waals surface area contributed by atoms with Crippen LogP contribution >= 0.6 is 0 Å². The van der Waals surface area contributed by atoms with Gasteiger partial charge in [-0.25, -0.2) is 18.4 Å². The number of benzene rings is 1. The molecule has 0 saturated heterocycles. The van der Waals surface area contributed by atoms with Crippen LogP contribution in [0.25, 0.3) is 22.3 Å². The molecule has 3 heterocycles. The van der Waals surface area contributed by atoms with Crippen LogP contribution in [0.5, 0.6) is 0 Å². The summed E-state index contributed by atoms with van der Waals surface area (Å²) in [4.78, 5) is 31.2. The summed E-state index contributed by atoms with van der Waals surface area (Å²) < 4.78 is 28.6. The maximum absolute atomic E-state index is 13.5. The third-order valence-corrected chi connectivity index (χ3v) is 7.85. The van der Waals surface area contributed by atoms with E-state index in [0.717, 1.165) is 10.1 Å². The van der Waals surface area contributed by atoms with Crippen molar-refractivity contribution in [3.63, 3.8) is 0 Å². The fourth-order valence-electron chi connectivity index (χ4n) is 5.18. The quantitative estimate of drug-likeness (QED) is 0.529. The highest BCUT2D eigenvalue weighted by atomic mass is 32.2. The third kappa shape index (κ3) is 4.42. The number of hydrogen-bond acceptors (Lipinski definition) is 6. The highest BCUT2D eigenvalue weighted by molar-refractivity contribution is 7.89.